The van der Waals surface area contributed by atoms with Gasteiger partial charge in [-0.1, -0.05) is 0 Å². The average Bonchev–Trinajstić information content (AvgIpc) is 2.92. The predicted octanol–water partition coefficient (Wildman–Crippen LogP) is -0.938. The monoisotopic (exact) mass is 285 g/mol. The maximum Gasteiger partial charge on any atom is 0.246 e. The molecule has 19 heavy (non-hydrogen) atoms. The first-order chi connectivity index (χ1) is 9.25. The van der Waals surface area contributed by atoms with Gasteiger partial charge in [0.15, 0.2) is 0 Å². The zero-order valence-corrected chi connectivity index (χ0v) is 11.7. The predicted molar refractivity (Wildman–Crippen MR) is 71.8 cm³/mol. The Hall–Kier alpha value is -0.790. The summed E-state index contributed by atoms with van der Waals surface area (Å²) < 4.78 is 5.30. The van der Waals surface area contributed by atoms with Crippen LogP contribution >= 0.6 is 11.8 Å². The zero-order chi connectivity index (χ0) is 13.2. The molecule has 0 aromatic rings. The van der Waals surface area contributed by atoms with Gasteiger partial charge in [-0.2, -0.15) is 0 Å². The van der Waals surface area contributed by atoms with Crippen molar-refractivity contribution in [1.29, 1.82) is 0 Å². The highest BCUT2D eigenvalue weighted by atomic mass is 32.2. The molecule has 6 nitrogen and oxygen atoms in total. The van der Waals surface area contributed by atoms with Gasteiger partial charge in [0.25, 0.3) is 0 Å². The molecule has 3 saturated heterocycles. The molecule has 3 heterocycles. The van der Waals surface area contributed by atoms with Crippen LogP contribution in [0.3, 0.4) is 0 Å². The third-order valence-electron chi connectivity index (χ3n) is 3.92. The van der Waals surface area contributed by atoms with E-state index in [1.807, 2.05) is 0 Å². The maximum absolute atomic E-state index is 12.3. The third-order valence-corrected chi connectivity index (χ3v) is 4.93. The van der Waals surface area contributed by atoms with Gasteiger partial charge in [-0.15, -0.1) is 11.8 Å². The van der Waals surface area contributed by atoms with Crippen LogP contribution in [-0.4, -0.2) is 90.1 Å². The van der Waals surface area contributed by atoms with Crippen molar-refractivity contribution in [1.82, 2.24) is 14.7 Å². The number of fused-ring (bicyclic) bond motifs is 1. The number of thioether (sulfide) groups is 1. The Kier molecular flexibility index (Phi) is 3.95. The molecule has 3 aliphatic rings. The molecule has 1 unspecified atom stereocenters. The molecule has 0 spiro atoms. The molecule has 0 aliphatic carbocycles. The number of hydrogen-bond acceptors (Lipinski definition) is 5. The summed E-state index contributed by atoms with van der Waals surface area (Å²) >= 11 is 1.67. The summed E-state index contributed by atoms with van der Waals surface area (Å²) in [5.74, 6) is 1.64. The molecule has 106 valence electrons. The number of rotatable bonds is 3. The first-order valence-electron chi connectivity index (χ1n) is 6.72. The summed E-state index contributed by atoms with van der Waals surface area (Å²) in [7, 11) is 0. The van der Waals surface area contributed by atoms with Crippen LogP contribution in [-0.2, 0) is 14.3 Å². The quantitative estimate of drug-likeness (QED) is 0.670. The van der Waals surface area contributed by atoms with E-state index >= 15 is 0 Å². The smallest absolute Gasteiger partial charge is 0.246 e. The summed E-state index contributed by atoms with van der Waals surface area (Å²) in [6, 6.07) is -0.212. The average molecular weight is 285 g/mol. The molecule has 2 amide bonds. The van der Waals surface area contributed by atoms with Crippen LogP contribution in [0, 0.1) is 0 Å². The van der Waals surface area contributed by atoms with Gasteiger partial charge in [0, 0.05) is 31.9 Å². The van der Waals surface area contributed by atoms with E-state index in [1.165, 1.54) is 0 Å². The van der Waals surface area contributed by atoms with Crippen molar-refractivity contribution in [3.63, 3.8) is 0 Å². The van der Waals surface area contributed by atoms with Crippen molar-refractivity contribution < 1.29 is 14.3 Å². The van der Waals surface area contributed by atoms with Crippen LogP contribution in [0.4, 0.5) is 0 Å². The van der Waals surface area contributed by atoms with Gasteiger partial charge in [0.05, 0.1) is 25.6 Å². The molecule has 0 saturated carbocycles. The molecule has 0 N–H and O–H groups in total. The first-order valence-corrected chi connectivity index (χ1v) is 7.87. The van der Waals surface area contributed by atoms with Crippen molar-refractivity contribution >= 4 is 23.6 Å². The second-order valence-electron chi connectivity index (χ2n) is 5.09. The molecule has 3 rings (SSSR count). The highest BCUT2D eigenvalue weighted by Crippen LogP contribution is 2.25. The van der Waals surface area contributed by atoms with Crippen molar-refractivity contribution in [3.05, 3.63) is 0 Å². The molecular formula is C12H19N3O3S. The van der Waals surface area contributed by atoms with Crippen molar-refractivity contribution in [2.45, 2.75) is 6.04 Å². The molecule has 1 atom stereocenters. The lowest BCUT2D eigenvalue weighted by molar-refractivity contribution is -0.153. The number of morpholine rings is 1. The SMILES string of the molecule is O=C1C2CSCN2C(=O)CN1CCN1CCOCC1. The number of carbonyl (C=O) groups is 2. The number of hydrogen-bond donors (Lipinski definition) is 0. The fourth-order valence-corrected chi connectivity index (χ4v) is 3.88. The van der Waals surface area contributed by atoms with Crippen molar-refractivity contribution in [2.24, 2.45) is 0 Å². The zero-order valence-electron chi connectivity index (χ0n) is 10.9. The second-order valence-corrected chi connectivity index (χ2v) is 6.09. The normalized spacial score (nSPS) is 28.9. The van der Waals surface area contributed by atoms with E-state index in [4.69, 9.17) is 4.74 Å². The minimum Gasteiger partial charge on any atom is -0.379 e. The third kappa shape index (κ3) is 2.73. The molecule has 7 heteroatoms. The summed E-state index contributed by atoms with van der Waals surface area (Å²) in [4.78, 5) is 30.0. The fraction of sp³-hybridized carbons (Fsp3) is 0.833. The molecule has 3 fully saturated rings. The molecule has 0 aromatic heterocycles. The van der Waals surface area contributed by atoms with Gasteiger partial charge in [0.1, 0.15) is 6.04 Å². The van der Waals surface area contributed by atoms with Crippen LogP contribution in [0.2, 0.25) is 0 Å². The van der Waals surface area contributed by atoms with E-state index in [0.29, 0.717) is 12.4 Å². The fourth-order valence-electron chi connectivity index (χ4n) is 2.71. The van der Waals surface area contributed by atoms with E-state index in [2.05, 4.69) is 4.90 Å². The topological polar surface area (TPSA) is 53.1 Å². The number of ether oxygens (including phenoxy) is 1. The van der Waals surface area contributed by atoms with Crippen LogP contribution in [0.25, 0.3) is 0 Å². The lowest BCUT2D eigenvalue weighted by atomic mass is 10.2. The summed E-state index contributed by atoms with van der Waals surface area (Å²) in [5.41, 5.74) is 0. The van der Waals surface area contributed by atoms with Gasteiger partial charge in [-0.25, -0.2) is 0 Å². The molecule has 0 bridgehead atoms. The minimum atomic E-state index is -0.212. The Labute approximate surface area is 117 Å². The number of amides is 2. The number of nitrogens with zero attached hydrogens (tertiary/aromatic N) is 3. The number of carbonyl (C=O) groups excluding carboxylic acids is 2. The van der Waals surface area contributed by atoms with Crippen LogP contribution < -0.4 is 0 Å². The maximum atomic E-state index is 12.3. The van der Waals surface area contributed by atoms with Gasteiger partial charge < -0.3 is 14.5 Å². The second kappa shape index (κ2) is 5.68. The number of piperazine rings is 1. The van der Waals surface area contributed by atoms with Crippen molar-refractivity contribution in [3.8, 4) is 0 Å². The van der Waals surface area contributed by atoms with Crippen LogP contribution in [0.1, 0.15) is 0 Å². The molecule has 0 radical (unpaired) electrons. The van der Waals surface area contributed by atoms with E-state index in [9.17, 15) is 9.59 Å². The molecule has 3 aliphatic heterocycles. The summed E-state index contributed by atoms with van der Waals surface area (Å²) in [6.07, 6.45) is 0. The Bertz CT molecular complexity index is 373. The Morgan fingerprint density at radius 1 is 1.21 bits per heavy atom. The van der Waals surface area contributed by atoms with Crippen molar-refractivity contribution in [2.75, 3.05) is 57.6 Å². The van der Waals surface area contributed by atoms with E-state index in [1.54, 1.807) is 21.6 Å². The van der Waals surface area contributed by atoms with Gasteiger partial charge >= 0.3 is 0 Å². The van der Waals surface area contributed by atoms with Crippen LogP contribution in [0.15, 0.2) is 0 Å². The van der Waals surface area contributed by atoms with E-state index in [0.717, 1.165) is 38.6 Å². The van der Waals surface area contributed by atoms with Gasteiger partial charge in [-0.05, 0) is 0 Å². The van der Waals surface area contributed by atoms with Gasteiger partial charge in [0.2, 0.25) is 11.8 Å². The van der Waals surface area contributed by atoms with Crippen LogP contribution in [0.5, 0.6) is 0 Å². The summed E-state index contributed by atoms with van der Waals surface area (Å²) in [5, 5.41) is 0. The lowest BCUT2D eigenvalue weighted by Crippen LogP contribution is -2.59. The Morgan fingerprint density at radius 2 is 2.00 bits per heavy atom. The summed E-state index contributed by atoms with van der Waals surface area (Å²) in [6.45, 7) is 5.10. The highest BCUT2D eigenvalue weighted by molar-refractivity contribution is 7.99. The molecule has 0 aromatic carbocycles. The van der Waals surface area contributed by atoms with E-state index < -0.39 is 0 Å². The lowest BCUT2D eigenvalue weighted by Gasteiger charge is -2.37. The minimum absolute atomic E-state index is 0.0941. The largest absolute Gasteiger partial charge is 0.379 e. The Balaban J connectivity index is 1.55. The first kappa shape index (κ1) is 13.2. The standard InChI is InChI=1S/C12H19N3O3S/c16-11-7-14(2-1-13-3-5-18-6-4-13)12(17)10-8-19-9-15(10)11/h10H,1-9H2. The van der Waals surface area contributed by atoms with E-state index in [-0.39, 0.29) is 24.4 Å². The highest BCUT2D eigenvalue weighted by Gasteiger charge is 2.42. The Morgan fingerprint density at radius 3 is 2.79 bits per heavy atom. The van der Waals surface area contributed by atoms with Gasteiger partial charge in [-0.3, -0.25) is 14.5 Å². The molecular weight excluding hydrogens is 266 g/mol.